The van der Waals surface area contributed by atoms with Crippen LogP contribution in [0, 0.1) is 11.3 Å². The number of hydrogen-bond donors (Lipinski definition) is 2. The number of esters is 1. The fourth-order valence-electron chi connectivity index (χ4n) is 3.37. The van der Waals surface area contributed by atoms with Crippen LogP contribution in [0.2, 0.25) is 0 Å². The van der Waals surface area contributed by atoms with Crippen molar-refractivity contribution >= 4 is 17.6 Å². The zero-order valence-corrected chi connectivity index (χ0v) is 19.4. The Hall–Kier alpha value is -4.71. The second-order valence-electron chi connectivity index (χ2n) is 7.33. The first-order valence-corrected chi connectivity index (χ1v) is 10.5. The molecule has 0 heterocycles. The third-order valence-corrected chi connectivity index (χ3v) is 5.16. The summed E-state index contributed by atoms with van der Waals surface area (Å²) in [7, 11) is 4.22. The smallest absolute Gasteiger partial charge is 0.335 e. The first-order valence-electron chi connectivity index (χ1n) is 10.5. The lowest BCUT2D eigenvalue weighted by molar-refractivity contribution is -0.141. The number of methoxy groups -OCH3 is 3. The van der Waals surface area contributed by atoms with E-state index in [4.69, 9.17) is 24.2 Å². The lowest BCUT2D eigenvalue weighted by atomic mass is 10.0. The van der Waals surface area contributed by atoms with E-state index in [9.17, 15) is 14.7 Å². The number of aromatic carboxylic acids is 1. The molecule has 9 heteroatoms. The number of nitriles is 1. The van der Waals surface area contributed by atoms with Crippen LogP contribution in [-0.4, -0.2) is 38.4 Å². The van der Waals surface area contributed by atoms with Crippen LogP contribution in [-0.2, 0) is 16.1 Å². The monoisotopic (exact) mass is 476 g/mol. The number of nitrogens with zero attached hydrogens (tertiary/aromatic N) is 1. The molecule has 0 aliphatic carbocycles. The lowest BCUT2D eigenvalue weighted by Gasteiger charge is -2.23. The van der Waals surface area contributed by atoms with Gasteiger partial charge in [0.1, 0.15) is 12.4 Å². The Labute approximate surface area is 202 Å². The Morgan fingerprint density at radius 2 is 1.66 bits per heavy atom. The molecular weight excluding hydrogens is 452 g/mol. The number of anilines is 1. The van der Waals surface area contributed by atoms with Gasteiger partial charge in [-0.2, -0.15) is 5.26 Å². The zero-order valence-electron chi connectivity index (χ0n) is 19.4. The molecule has 0 bridgehead atoms. The predicted octanol–water partition coefficient (Wildman–Crippen LogP) is 4.18. The van der Waals surface area contributed by atoms with Crippen molar-refractivity contribution in [3.8, 4) is 23.3 Å². The number of carboxylic acids is 1. The number of nitrogens with one attached hydrogen (secondary N) is 1. The maximum Gasteiger partial charge on any atom is 0.335 e. The van der Waals surface area contributed by atoms with Gasteiger partial charge >= 0.3 is 11.9 Å². The van der Waals surface area contributed by atoms with Crippen molar-refractivity contribution in [1.82, 2.24) is 0 Å². The molecule has 1 unspecified atom stereocenters. The largest absolute Gasteiger partial charge is 0.493 e. The third kappa shape index (κ3) is 6.00. The van der Waals surface area contributed by atoms with Crippen LogP contribution < -0.4 is 19.5 Å². The number of rotatable bonds is 10. The molecule has 3 aromatic rings. The summed E-state index contributed by atoms with van der Waals surface area (Å²) in [6.07, 6.45) is 0. The molecule has 0 fully saturated rings. The fourth-order valence-corrected chi connectivity index (χ4v) is 3.37. The maximum absolute atomic E-state index is 12.8. The average molecular weight is 476 g/mol. The fraction of sp³-hybridized carbons (Fsp3) is 0.192. The number of carboxylic acid groups (broad SMARTS) is 1. The number of hydrogen-bond acceptors (Lipinski definition) is 8. The van der Waals surface area contributed by atoms with Crippen LogP contribution in [0.1, 0.15) is 33.1 Å². The molecule has 3 rings (SSSR count). The van der Waals surface area contributed by atoms with Crippen LogP contribution >= 0.6 is 0 Å². The summed E-state index contributed by atoms with van der Waals surface area (Å²) in [4.78, 5) is 24.1. The Kier molecular flexibility index (Phi) is 8.14. The minimum atomic E-state index is -1.05. The van der Waals surface area contributed by atoms with E-state index in [1.54, 1.807) is 48.5 Å². The summed E-state index contributed by atoms with van der Waals surface area (Å²) in [5.74, 6) is -0.568. The Bertz CT molecular complexity index is 1250. The summed E-state index contributed by atoms with van der Waals surface area (Å²) < 4.78 is 21.9. The highest BCUT2D eigenvalue weighted by Crippen LogP contribution is 2.39. The highest BCUT2D eigenvalue weighted by molar-refractivity contribution is 5.87. The molecule has 0 amide bonds. The van der Waals surface area contributed by atoms with Gasteiger partial charge in [0.2, 0.25) is 0 Å². The standard InChI is InChI=1S/C26H24N2O7/c1-32-22-12-20(24(26(31)34-3)28-19-9-7-16(14-27)8-10-19)21(13-23(22)33-2)35-15-17-5-4-6-18(11-17)25(29)30/h4-13,24,28H,15H2,1-3H3,(H,29,30). The van der Waals surface area contributed by atoms with E-state index >= 15 is 0 Å². The van der Waals surface area contributed by atoms with Crippen molar-refractivity contribution in [2.24, 2.45) is 0 Å². The van der Waals surface area contributed by atoms with Crippen molar-refractivity contribution in [3.05, 3.63) is 82.9 Å². The summed E-state index contributed by atoms with van der Waals surface area (Å²) in [5, 5.41) is 21.4. The molecule has 3 aromatic carbocycles. The van der Waals surface area contributed by atoms with E-state index in [-0.39, 0.29) is 12.2 Å². The van der Waals surface area contributed by atoms with E-state index in [1.807, 2.05) is 6.07 Å². The van der Waals surface area contributed by atoms with Crippen molar-refractivity contribution in [2.75, 3.05) is 26.6 Å². The SMILES string of the molecule is COC(=O)C(Nc1ccc(C#N)cc1)c1cc(OC)c(OC)cc1OCc1cccc(C(=O)O)c1. The quantitative estimate of drug-likeness (QED) is 0.414. The van der Waals surface area contributed by atoms with Crippen molar-refractivity contribution in [3.63, 3.8) is 0 Å². The highest BCUT2D eigenvalue weighted by atomic mass is 16.5. The van der Waals surface area contributed by atoms with E-state index in [2.05, 4.69) is 5.32 Å². The van der Waals surface area contributed by atoms with Gasteiger partial charge in [-0.05, 0) is 48.0 Å². The number of ether oxygens (including phenoxy) is 4. The maximum atomic E-state index is 12.8. The summed E-state index contributed by atoms with van der Waals surface area (Å²) in [5.41, 5.74) is 2.22. The van der Waals surface area contributed by atoms with E-state index in [1.165, 1.54) is 33.5 Å². The zero-order chi connectivity index (χ0) is 25.4. The molecule has 0 spiro atoms. The highest BCUT2D eigenvalue weighted by Gasteiger charge is 2.27. The molecule has 35 heavy (non-hydrogen) atoms. The molecule has 0 radical (unpaired) electrons. The summed E-state index contributed by atoms with van der Waals surface area (Å²) in [6, 6.07) is 17.2. The lowest BCUT2D eigenvalue weighted by Crippen LogP contribution is -2.23. The van der Waals surface area contributed by atoms with Gasteiger partial charge in [-0.25, -0.2) is 9.59 Å². The van der Waals surface area contributed by atoms with Crippen LogP contribution in [0.4, 0.5) is 5.69 Å². The number of benzene rings is 3. The Balaban J connectivity index is 2.01. The van der Waals surface area contributed by atoms with Gasteiger partial charge in [0, 0.05) is 17.3 Å². The van der Waals surface area contributed by atoms with Crippen LogP contribution in [0.25, 0.3) is 0 Å². The van der Waals surface area contributed by atoms with Crippen LogP contribution in [0.5, 0.6) is 17.2 Å². The van der Waals surface area contributed by atoms with Crippen LogP contribution in [0.3, 0.4) is 0 Å². The van der Waals surface area contributed by atoms with Crippen molar-refractivity contribution in [1.29, 1.82) is 5.26 Å². The van der Waals surface area contributed by atoms with Gasteiger partial charge in [0.25, 0.3) is 0 Å². The van der Waals surface area contributed by atoms with Gasteiger partial charge in [-0.1, -0.05) is 12.1 Å². The first-order chi connectivity index (χ1) is 16.9. The second-order valence-corrected chi connectivity index (χ2v) is 7.33. The summed E-state index contributed by atoms with van der Waals surface area (Å²) >= 11 is 0. The minimum absolute atomic E-state index is 0.0361. The molecule has 0 saturated carbocycles. The van der Waals surface area contributed by atoms with Crippen LogP contribution in [0.15, 0.2) is 60.7 Å². The minimum Gasteiger partial charge on any atom is -0.493 e. The molecule has 1 atom stereocenters. The van der Waals surface area contributed by atoms with Crippen molar-refractivity contribution < 1.29 is 33.6 Å². The molecule has 0 aliphatic rings. The molecule has 2 N–H and O–H groups in total. The predicted molar refractivity (Wildman–Crippen MR) is 127 cm³/mol. The molecule has 180 valence electrons. The average Bonchev–Trinajstić information content (AvgIpc) is 2.90. The van der Waals surface area contributed by atoms with Gasteiger partial charge in [0.15, 0.2) is 17.5 Å². The van der Waals surface area contributed by atoms with E-state index < -0.39 is 18.0 Å². The molecule has 0 aromatic heterocycles. The normalized spacial score (nSPS) is 11.0. The van der Waals surface area contributed by atoms with Gasteiger partial charge in [-0.3, -0.25) is 0 Å². The summed E-state index contributed by atoms with van der Waals surface area (Å²) in [6.45, 7) is 0.0361. The molecule has 0 saturated heterocycles. The van der Waals surface area contributed by atoms with E-state index in [0.29, 0.717) is 39.6 Å². The first kappa shape index (κ1) is 24.9. The number of carbonyl (C=O) groups is 2. The van der Waals surface area contributed by atoms with Gasteiger partial charge in [0.05, 0.1) is 38.5 Å². The van der Waals surface area contributed by atoms with E-state index in [0.717, 1.165) is 0 Å². The van der Waals surface area contributed by atoms with Crippen molar-refractivity contribution in [2.45, 2.75) is 12.6 Å². The third-order valence-electron chi connectivity index (χ3n) is 5.16. The molecular formula is C26H24N2O7. The Morgan fingerprint density at radius 3 is 2.26 bits per heavy atom. The number of carbonyl (C=O) groups excluding carboxylic acids is 1. The topological polar surface area (TPSA) is 127 Å². The second kappa shape index (κ2) is 11.4. The molecule has 9 nitrogen and oxygen atoms in total. The molecule has 0 aliphatic heterocycles. The van der Waals surface area contributed by atoms with Gasteiger partial charge in [-0.15, -0.1) is 0 Å². The van der Waals surface area contributed by atoms with Gasteiger partial charge < -0.3 is 29.4 Å². The Morgan fingerprint density at radius 1 is 0.971 bits per heavy atom.